The quantitative estimate of drug-likeness (QED) is 0.378. The molecule has 1 fully saturated rings. The van der Waals surface area contributed by atoms with Gasteiger partial charge in [-0.25, -0.2) is 0 Å². The highest BCUT2D eigenvalue weighted by atomic mass is 32.2. The Balaban J connectivity index is 2.10. The van der Waals surface area contributed by atoms with Crippen LogP contribution >= 0.6 is 11.8 Å². The average Bonchev–Trinajstić information content (AvgIpc) is 2.47. The minimum Gasteiger partial charge on any atom is -0.409 e. The third-order valence-electron chi connectivity index (χ3n) is 3.31. The summed E-state index contributed by atoms with van der Waals surface area (Å²) in [4.78, 5) is 6.62. The maximum Gasteiger partial charge on any atom is 0.189 e. The van der Waals surface area contributed by atoms with Crippen molar-refractivity contribution in [3.63, 3.8) is 0 Å². The summed E-state index contributed by atoms with van der Waals surface area (Å²) in [6, 6.07) is 3.88. The van der Waals surface area contributed by atoms with Gasteiger partial charge in [-0.1, -0.05) is 18.1 Å². The Kier molecular flexibility index (Phi) is 5.04. The van der Waals surface area contributed by atoms with Gasteiger partial charge in [-0.05, 0) is 18.1 Å². The van der Waals surface area contributed by atoms with Crippen LogP contribution in [0.2, 0.25) is 0 Å². The van der Waals surface area contributed by atoms with E-state index in [0.717, 1.165) is 31.0 Å². The number of thioether (sulfide) groups is 1. The molecule has 1 unspecified atom stereocenters. The predicted molar refractivity (Wildman–Crippen MR) is 78.6 cm³/mol. The van der Waals surface area contributed by atoms with Crippen LogP contribution in [0.3, 0.4) is 0 Å². The summed E-state index contributed by atoms with van der Waals surface area (Å²) in [6.45, 7) is 5.20. The third-order valence-corrected chi connectivity index (χ3v) is 4.69. The van der Waals surface area contributed by atoms with Crippen molar-refractivity contribution in [3.05, 3.63) is 29.6 Å². The lowest BCUT2D eigenvalue weighted by atomic mass is 10.1. The average molecular weight is 280 g/mol. The van der Waals surface area contributed by atoms with Crippen LogP contribution < -0.4 is 5.73 Å². The highest BCUT2D eigenvalue weighted by Crippen LogP contribution is 2.22. The number of nitrogens with two attached hydrogens (primary N) is 1. The number of aromatic nitrogens is 1. The Labute approximate surface area is 117 Å². The van der Waals surface area contributed by atoms with Crippen LogP contribution in [0.25, 0.3) is 0 Å². The van der Waals surface area contributed by atoms with E-state index in [-0.39, 0.29) is 5.84 Å². The summed E-state index contributed by atoms with van der Waals surface area (Å²) in [7, 11) is 0. The van der Waals surface area contributed by atoms with E-state index in [1.807, 2.05) is 23.9 Å². The molecule has 0 spiro atoms. The molecule has 0 bridgehead atoms. The molecule has 19 heavy (non-hydrogen) atoms. The number of nitrogens with zero attached hydrogens (tertiary/aromatic N) is 3. The molecule has 3 N–H and O–H groups in total. The standard InChI is InChI=1S/C13H20N4OS/c1-2-11-9-17(6-7-19-11)8-10-4-3-5-15-12(10)13(14)16-18/h3-5,11,18H,2,6-9H2,1H3,(H2,14,16). The first kappa shape index (κ1) is 14.1. The fourth-order valence-electron chi connectivity index (χ4n) is 2.26. The van der Waals surface area contributed by atoms with Crippen molar-refractivity contribution in [2.45, 2.75) is 25.1 Å². The summed E-state index contributed by atoms with van der Waals surface area (Å²) in [5, 5.41) is 12.6. The lowest BCUT2D eigenvalue weighted by molar-refractivity contribution is 0.272. The lowest BCUT2D eigenvalue weighted by Gasteiger charge is -2.32. The summed E-state index contributed by atoms with van der Waals surface area (Å²) in [6.07, 6.45) is 2.86. The van der Waals surface area contributed by atoms with Gasteiger partial charge in [0.25, 0.3) is 0 Å². The van der Waals surface area contributed by atoms with Gasteiger partial charge in [-0.3, -0.25) is 9.88 Å². The van der Waals surface area contributed by atoms with Crippen LogP contribution in [0.5, 0.6) is 0 Å². The second kappa shape index (κ2) is 6.77. The Bertz CT molecular complexity index is 452. The van der Waals surface area contributed by atoms with Gasteiger partial charge in [0.05, 0.1) is 0 Å². The molecular weight excluding hydrogens is 260 g/mol. The van der Waals surface area contributed by atoms with Gasteiger partial charge in [0.15, 0.2) is 5.84 Å². The zero-order valence-corrected chi connectivity index (χ0v) is 11.9. The van der Waals surface area contributed by atoms with Crippen LogP contribution in [0, 0.1) is 0 Å². The summed E-state index contributed by atoms with van der Waals surface area (Å²) >= 11 is 2.05. The Hall–Kier alpha value is -1.27. The van der Waals surface area contributed by atoms with Gasteiger partial charge in [-0.2, -0.15) is 11.8 Å². The van der Waals surface area contributed by atoms with Gasteiger partial charge < -0.3 is 10.9 Å². The van der Waals surface area contributed by atoms with Crippen molar-refractivity contribution < 1.29 is 5.21 Å². The number of hydrogen-bond donors (Lipinski definition) is 2. The highest BCUT2D eigenvalue weighted by molar-refractivity contribution is 8.00. The van der Waals surface area contributed by atoms with E-state index in [1.165, 1.54) is 6.42 Å². The number of amidine groups is 1. The minimum absolute atomic E-state index is 0.0778. The molecule has 0 radical (unpaired) electrons. The van der Waals surface area contributed by atoms with Gasteiger partial charge in [-0.15, -0.1) is 0 Å². The molecule has 0 aromatic carbocycles. The summed E-state index contributed by atoms with van der Waals surface area (Å²) in [5.41, 5.74) is 7.26. The largest absolute Gasteiger partial charge is 0.409 e. The van der Waals surface area contributed by atoms with Crippen molar-refractivity contribution in [2.75, 3.05) is 18.8 Å². The van der Waals surface area contributed by atoms with E-state index in [9.17, 15) is 0 Å². The Morgan fingerprint density at radius 1 is 1.68 bits per heavy atom. The SMILES string of the molecule is CCC1CN(Cc2cccnc2/C(N)=N/O)CCS1. The molecule has 1 aromatic heterocycles. The van der Waals surface area contributed by atoms with Crippen LogP contribution in [0.1, 0.15) is 24.6 Å². The van der Waals surface area contributed by atoms with Gasteiger partial charge in [0, 0.05) is 36.8 Å². The van der Waals surface area contributed by atoms with Gasteiger partial charge >= 0.3 is 0 Å². The van der Waals surface area contributed by atoms with Crippen LogP contribution in [0.4, 0.5) is 0 Å². The molecule has 0 aliphatic carbocycles. The monoisotopic (exact) mass is 280 g/mol. The molecule has 1 aliphatic heterocycles. The number of hydrogen-bond acceptors (Lipinski definition) is 5. The molecule has 0 saturated carbocycles. The molecule has 0 amide bonds. The van der Waals surface area contributed by atoms with E-state index in [4.69, 9.17) is 10.9 Å². The van der Waals surface area contributed by atoms with Crippen molar-refractivity contribution in [3.8, 4) is 0 Å². The normalized spacial score (nSPS) is 21.5. The topological polar surface area (TPSA) is 74.7 Å². The van der Waals surface area contributed by atoms with Crippen molar-refractivity contribution in [1.82, 2.24) is 9.88 Å². The van der Waals surface area contributed by atoms with Gasteiger partial charge in [0.1, 0.15) is 5.69 Å². The Morgan fingerprint density at radius 2 is 2.53 bits per heavy atom. The lowest BCUT2D eigenvalue weighted by Crippen LogP contribution is -2.37. The fraction of sp³-hybridized carbons (Fsp3) is 0.538. The van der Waals surface area contributed by atoms with E-state index in [1.54, 1.807) is 6.20 Å². The Morgan fingerprint density at radius 3 is 3.26 bits per heavy atom. The molecule has 104 valence electrons. The zero-order chi connectivity index (χ0) is 13.7. The van der Waals surface area contributed by atoms with Crippen molar-refractivity contribution >= 4 is 17.6 Å². The molecule has 1 saturated heterocycles. The maximum absolute atomic E-state index is 8.80. The van der Waals surface area contributed by atoms with Crippen molar-refractivity contribution in [1.29, 1.82) is 0 Å². The number of pyridine rings is 1. The van der Waals surface area contributed by atoms with E-state index >= 15 is 0 Å². The van der Waals surface area contributed by atoms with Crippen LogP contribution in [-0.4, -0.2) is 45.0 Å². The smallest absolute Gasteiger partial charge is 0.189 e. The molecule has 1 aromatic rings. The first-order valence-electron chi connectivity index (χ1n) is 6.50. The van der Waals surface area contributed by atoms with E-state index in [2.05, 4.69) is 22.0 Å². The fourth-order valence-corrected chi connectivity index (χ4v) is 3.50. The maximum atomic E-state index is 8.80. The molecule has 1 aliphatic rings. The van der Waals surface area contributed by atoms with Crippen molar-refractivity contribution in [2.24, 2.45) is 10.9 Å². The summed E-state index contributed by atoms with van der Waals surface area (Å²) in [5.74, 6) is 1.24. The molecule has 5 nitrogen and oxygen atoms in total. The molecule has 1 atom stereocenters. The van der Waals surface area contributed by atoms with E-state index in [0.29, 0.717) is 10.9 Å². The van der Waals surface area contributed by atoms with Gasteiger partial charge in [0.2, 0.25) is 0 Å². The third kappa shape index (κ3) is 3.61. The highest BCUT2D eigenvalue weighted by Gasteiger charge is 2.20. The second-order valence-corrected chi connectivity index (χ2v) is 6.04. The first-order valence-corrected chi connectivity index (χ1v) is 7.55. The molecular formula is C13H20N4OS. The zero-order valence-electron chi connectivity index (χ0n) is 11.1. The first-order chi connectivity index (χ1) is 9.24. The number of oxime groups is 1. The second-order valence-electron chi connectivity index (χ2n) is 4.63. The molecule has 2 rings (SSSR count). The summed E-state index contributed by atoms with van der Waals surface area (Å²) < 4.78 is 0. The van der Waals surface area contributed by atoms with Crippen LogP contribution in [0.15, 0.2) is 23.5 Å². The number of rotatable bonds is 4. The molecule has 2 heterocycles. The van der Waals surface area contributed by atoms with E-state index < -0.39 is 0 Å². The minimum atomic E-state index is 0.0778. The molecule has 6 heteroatoms. The predicted octanol–water partition coefficient (Wildman–Crippen LogP) is 1.50. The van der Waals surface area contributed by atoms with Crippen LogP contribution in [-0.2, 0) is 6.54 Å².